The van der Waals surface area contributed by atoms with Crippen LogP contribution in [0, 0.1) is 12.7 Å². The summed E-state index contributed by atoms with van der Waals surface area (Å²) in [5.41, 5.74) is 2.64. The van der Waals surface area contributed by atoms with E-state index in [1.165, 1.54) is 10.7 Å². The summed E-state index contributed by atoms with van der Waals surface area (Å²) in [5.74, 6) is -0.768. The Morgan fingerprint density at radius 2 is 2.08 bits per heavy atom. The molecule has 0 fully saturated rings. The van der Waals surface area contributed by atoms with Gasteiger partial charge in [0, 0.05) is 18.2 Å². The lowest BCUT2D eigenvalue weighted by Crippen LogP contribution is -2.33. The van der Waals surface area contributed by atoms with E-state index in [1.807, 2.05) is 0 Å². The molecule has 1 aliphatic rings. The molecule has 1 aliphatic carbocycles. The number of nitrogens with zero attached hydrogens (tertiary/aromatic N) is 2. The highest BCUT2D eigenvalue weighted by atomic mass is 19.1. The van der Waals surface area contributed by atoms with Crippen LogP contribution in [0.2, 0.25) is 0 Å². The molecule has 0 aliphatic heterocycles. The molecule has 2 aromatic rings. The topological polar surface area (TPSA) is 64.0 Å². The molecular formula is C18H20FN3O2. The van der Waals surface area contributed by atoms with E-state index in [1.54, 1.807) is 25.1 Å². The lowest BCUT2D eigenvalue weighted by molar-refractivity contribution is 0.0951. The van der Waals surface area contributed by atoms with Crippen molar-refractivity contribution in [3.8, 4) is 0 Å². The fourth-order valence-electron chi connectivity index (χ4n) is 2.87. The summed E-state index contributed by atoms with van der Waals surface area (Å²) in [6.45, 7) is 2.21. The van der Waals surface area contributed by atoms with Gasteiger partial charge in [0.2, 0.25) is 0 Å². The number of amides is 1. The summed E-state index contributed by atoms with van der Waals surface area (Å²) in [6.07, 6.45) is 3.99. The smallest absolute Gasteiger partial charge is 0.267 e. The number of aryl methyl sites for hydroxylation is 3. The van der Waals surface area contributed by atoms with Gasteiger partial charge in [0.05, 0.1) is 12.2 Å². The molecule has 1 heterocycles. The monoisotopic (exact) mass is 329 g/mol. The minimum absolute atomic E-state index is 0.147. The van der Waals surface area contributed by atoms with Crippen LogP contribution in [0.4, 0.5) is 4.39 Å². The molecule has 0 saturated carbocycles. The highest BCUT2D eigenvalue weighted by Gasteiger charge is 2.13. The molecule has 1 aromatic heterocycles. The van der Waals surface area contributed by atoms with Gasteiger partial charge in [-0.2, -0.15) is 5.10 Å². The second-order valence-corrected chi connectivity index (χ2v) is 6.10. The molecule has 0 spiro atoms. The Morgan fingerprint density at radius 1 is 1.29 bits per heavy atom. The highest BCUT2D eigenvalue weighted by molar-refractivity contribution is 5.94. The number of nitrogens with one attached hydrogen (secondary N) is 1. The van der Waals surface area contributed by atoms with E-state index in [-0.39, 0.29) is 23.6 Å². The van der Waals surface area contributed by atoms with Gasteiger partial charge in [-0.15, -0.1) is 0 Å². The zero-order valence-electron chi connectivity index (χ0n) is 13.6. The van der Waals surface area contributed by atoms with Crippen molar-refractivity contribution in [2.75, 3.05) is 6.54 Å². The van der Waals surface area contributed by atoms with Crippen molar-refractivity contribution in [1.29, 1.82) is 0 Å². The van der Waals surface area contributed by atoms with Crippen LogP contribution in [-0.2, 0) is 19.4 Å². The van der Waals surface area contributed by atoms with Crippen LogP contribution in [0.25, 0.3) is 0 Å². The van der Waals surface area contributed by atoms with Gasteiger partial charge in [0.25, 0.3) is 11.5 Å². The van der Waals surface area contributed by atoms with E-state index >= 15 is 0 Å². The molecule has 0 saturated heterocycles. The summed E-state index contributed by atoms with van der Waals surface area (Å²) in [6, 6.07) is 6.02. The molecule has 5 nitrogen and oxygen atoms in total. The van der Waals surface area contributed by atoms with E-state index in [2.05, 4.69) is 10.4 Å². The van der Waals surface area contributed by atoms with Crippen LogP contribution in [0.5, 0.6) is 0 Å². The van der Waals surface area contributed by atoms with Crippen molar-refractivity contribution in [2.45, 2.75) is 39.2 Å². The quantitative estimate of drug-likeness (QED) is 0.933. The molecular weight excluding hydrogens is 309 g/mol. The minimum atomic E-state index is -0.407. The first-order chi connectivity index (χ1) is 11.5. The summed E-state index contributed by atoms with van der Waals surface area (Å²) in [7, 11) is 0. The van der Waals surface area contributed by atoms with Crippen LogP contribution in [0.1, 0.15) is 40.0 Å². The van der Waals surface area contributed by atoms with Crippen LogP contribution in [0.3, 0.4) is 0 Å². The third-order valence-electron chi connectivity index (χ3n) is 4.32. The van der Waals surface area contributed by atoms with Crippen molar-refractivity contribution >= 4 is 5.91 Å². The average molecular weight is 329 g/mol. The number of benzene rings is 1. The molecule has 0 bridgehead atoms. The van der Waals surface area contributed by atoms with E-state index in [0.29, 0.717) is 12.1 Å². The maximum atomic E-state index is 13.5. The number of carbonyl (C=O) groups excluding carboxylic acids is 1. The highest BCUT2D eigenvalue weighted by Crippen LogP contribution is 2.16. The Morgan fingerprint density at radius 3 is 2.88 bits per heavy atom. The standard InChI is InChI=1S/C18H20FN3O2/c1-12-6-7-14(10-15(12)19)18(24)20-8-9-22-17(23)11-13-4-2-3-5-16(13)21-22/h6-7,10-11H,2-5,8-9H2,1H3,(H,20,24). The summed E-state index contributed by atoms with van der Waals surface area (Å²) in [4.78, 5) is 24.1. The van der Waals surface area contributed by atoms with Gasteiger partial charge in [-0.25, -0.2) is 9.07 Å². The molecule has 1 amide bonds. The summed E-state index contributed by atoms with van der Waals surface area (Å²) in [5, 5.41) is 7.10. The van der Waals surface area contributed by atoms with Crippen LogP contribution in [-0.4, -0.2) is 22.2 Å². The molecule has 126 valence electrons. The van der Waals surface area contributed by atoms with Gasteiger partial charge in [0.1, 0.15) is 5.82 Å². The minimum Gasteiger partial charge on any atom is -0.350 e. The second kappa shape index (κ2) is 6.95. The average Bonchev–Trinajstić information content (AvgIpc) is 2.57. The first-order valence-electron chi connectivity index (χ1n) is 8.19. The lowest BCUT2D eigenvalue weighted by Gasteiger charge is -2.16. The predicted octanol–water partition coefficient (Wildman–Crippen LogP) is 2.00. The predicted molar refractivity (Wildman–Crippen MR) is 88.6 cm³/mol. The van der Waals surface area contributed by atoms with E-state index < -0.39 is 5.82 Å². The van der Waals surface area contributed by atoms with Crippen LogP contribution in [0.15, 0.2) is 29.1 Å². The number of halogens is 1. The zero-order valence-corrected chi connectivity index (χ0v) is 13.6. The first-order valence-corrected chi connectivity index (χ1v) is 8.19. The van der Waals surface area contributed by atoms with E-state index in [0.717, 1.165) is 36.9 Å². The van der Waals surface area contributed by atoms with Gasteiger partial charge in [-0.3, -0.25) is 9.59 Å². The lowest BCUT2D eigenvalue weighted by atomic mass is 9.97. The van der Waals surface area contributed by atoms with E-state index in [4.69, 9.17) is 0 Å². The van der Waals surface area contributed by atoms with Crippen molar-refractivity contribution in [3.63, 3.8) is 0 Å². The Balaban J connectivity index is 1.63. The first kappa shape index (κ1) is 16.4. The van der Waals surface area contributed by atoms with Crippen molar-refractivity contribution < 1.29 is 9.18 Å². The number of rotatable bonds is 4. The Labute approximate surface area is 139 Å². The third-order valence-corrected chi connectivity index (χ3v) is 4.32. The Bertz CT molecular complexity index is 829. The number of fused-ring (bicyclic) bond motifs is 1. The maximum Gasteiger partial charge on any atom is 0.267 e. The number of aromatic nitrogens is 2. The number of hydrogen-bond donors (Lipinski definition) is 1. The zero-order chi connectivity index (χ0) is 17.1. The summed E-state index contributed by atoms with van der Waals surface area (Å²) < 4.78 is 14.9. The molecule has 24 heavy (non-hydrogen) atoms. The second-order valence-electron chi connectivity index (χ2n) is 6.10. The molecule has 3 rings (SSSR count). The molecule has 1 N–H and O–H groups in total. The Hall–Kier alpha value is -2.50. The normalized spacial score (nSPS) is 13.4. The van der Waals surface area contributed by atoms with Crippen LogP contribution < -0.4 is 10.9 Å². The van der Waals surface area contributed by atoms with Gasteiger partial charge < -0.3 is 5.32 Å². The fourth-order valence-corrected chi connectivity index (χ4v) is 2.87. The Kier molecular flexibility index (Phi) is 4.74. The molecule has 1 aromatic carbocycles. The van der Waals surface area contributed by atoms with Crippen molar-refractivity contribution in [1.82, 2.24) is 15.1 Å². The van der Waals surface area contributed by atoms with Crippen molar-refractivity contribution in [3.05, 3.63) is 62.8 Å². The SMILES string of the molecule is Cc1ccc(C(=O)NCCn2nc3c(cc2=O)CCCC3)cc1F. The molecule has 6 heteroatoms. The number of carbonyl (C=O) groups is 1. The molecule has 0 unspecified atom stereocenters. The summed E-state index contributed by atoms with van der Waals surface area (Å²) >= 11 is 0. The molecule has 0 atom stereocenters. The fraction of sp³-hybridized carbons (Fsp3) is 0.389. The van der Waals surface area contributed by atoms with Gasteiger partial charge >= 0.3 is 0 Å². The third kappa shape index (κ3) is 3.53. The van der Waals surface area contributed by atoms with Gasteiger partial charge in [0.15, 0.2) is 0 Å². The van der Waals surface area contributed by atoms with Gasteiger partial charge in [-0.05, 0) is 55.9 Å². The van der Waals surface area contributed by atoms with Crippen LogP contribution >= 0.6 is 0 Å². The number of hydrogen-bond acceptors (Lipinski definition) is 3. The van der Waals surface area contributed by atoms with E-state index in [9.17, 15) is 14.0 Å². The van der Waals surface area contributed by atoms with Crippen molar-refractivity contribution in [2.24, 2.45) is 0 Å². The molecule has 0 radical (unpaired) electrons. The van der Waals surface area contributed by atoms with Gasteiger partial charge in [-0.1, -0.05) is 6.07 Å². The maximum absolute atomic E-state index is 13.5. The largest absolute Gasteiger partial charge is 0.350 e.